The van der Waals surface area contributed by atoms with Crippen LogP contribution in [-0.2, 0) is 16.0 Å². The van der Waals surface area contributed by atoms with Gasteiger partial charge >= 0.3 is 12.1 Å². The molecule has 3 rings (SSSR count). The molecule has 1 saturated carbocycles. The van der Waals surface area contributed by atoms with Crippen molar-refractivity contribution in [3.8, 4) is 0 Å². The van der Waals surface area contributed by atoms with E-state index in [1.165, 1.54) is 0 Å². The highest BCUT2D eigenvalue weighted by atomic mass is 35.5. The summed E-state index contributed by atoms with van der Waals surface area (Å²) in [4.78, 5) is 26.6. The third-order valence-corrected chi connectivity index (χ3v) is 6.56. The zero-order valence-corrected chi connectivity index (χ0v) is 18.4. The topological polar surface area (TPSA) is 49.4 Å². The summed E-state index contributed by atoms with van der Waals surface area (Å²) in [5.74, 6) is -2.58. The van der Waals surface area contributed by atoms with Gasteiger partial charge in [-0.05, 0) is 48.4 Å². The molecule has 9 heteroatoms. The van der Waals surface area contributed by atoms with Crippen LogP contribution < -0.4 is 5.32 Å². The molecule has 1 atom stereocenters. The lowest BCUT2D eigenvalue weighted by molar-refractivity contribution is -0.188. The standard InChI is InChI=1S/C22H24ClF3N2O2S/c23-16-10-8-15(9-11-16)12-13-28(21(30)22(24,25)26)19(18-7-4-14-31-18)20(29)27-17-5-2-1-3-6-17/h4,7-11,14,17,19H,1-3,5-6,12-13H2,(H,27,29)/t19-/m1/s1. The van der Waals surface area contributed by atoms with Crippen molar-refractivity contribution in [2.75, 3.05) is 6.54 Å². The molecule has 0 saturated heterocycles. The Hall–Kier alpha value is -2.06. The van der Waals surface area contributed by atoms with Crippen molar-refractivity contribution in [1.82, 2.24) is 10.2 Å². The van der Waals surface area contributed by atoms with Gasteiger partial charge in [0.2, 0.25) is 5.91 Å². The molecule has 2 amide bonds. The minimum absolute atomic E-state index is 0.0807. The van der Waals surface area contributed by atoms with Gasteiger partial charge in [-0.3, -0.25) is 9.59 Å². The lowest BCUT2D eigenvalue weighted by Crippen LogP contribution is -2.50. The molecule has 0 radical (unpaired) electrons. The fourth-order valence-corrected chi connectivity index (χ4v) is 4.77. The highest BCUT2D eigenvalue weighted by Gasteiger charge is 2.46. The Morgan fingerprint density at radius 2 is 1.81 bits per heavy atom. The molecule has 0 aliphatic heterocycles. The molecule has 1 aliphatic rings. The van der Waals surface area contributed by atoms with Gasteiger partial charge in [-0.1, -0.05) is 49.1 Å². The average Bonchev–Trinajstić information content (AvgIpc) is 3.26. The van der Waals surface area contributed by atoms with Crippen LogP contribution in [0.3, 0.4) is 0 Å². The lowest BCUT2D eigenvalue weighted by atomic mass is 9.95. The summed E-state index contributed by atoms with van der Waals surface area (Å²) in [6.45, 7) is -0.249. The third-order valence-electron chi connectivity index (χ3n) is 5.38. The Balaban J connectivity index is 1.87. The van der Waals surface area contributed by atoms with E-state index in [0.29, 0.717) is 14.8 Å². The van der Waals surface area contributed by atoms with Crippen LogP contribution in [0.1, 0.15) is 48.6 Å². The number of hydrogen-bond donors (Lipinski definition) is 1. The maximum Gasteiger partial charge on any atom is 0.471 e. The molecular formula is C22H24ClF3N2O2S. The minimum atomic E-state index is -5.08. The van der Waals surface area contributed by atoms with Crippen LogP contribution >= 0.6 is 22.9 Å². The molecule has 1 fully saturated rings. The maximum atomic E-state index is 13.5. The number of alkyl halides is 3. The zero-order valence-electron chi connectivity index (χ0n) is 16.8. The Morgan fingerprint density at radius 3 is 2.39 bits per heavy atom. The van der Waals surface area contributed by atoms with E-state index in [0.717, 1.165) is 49.0 Å². The van der Waals surface area contributed by atoms with E-state index in [9.17, 15) is 22.8 Å². The molecule has 1 N–H and O–H groups in total. The predicted octanol–water partition coefficient (Wildman–Crippen LogP) is 5.53. The van der Waals surface area contributed by atoms with Crippen molar-refractivity contribution in [2.24, 2.45) is 0 Å². The van der Waals surface area contributed by atoms with E-state index in [-0.39, 0.29) is 19.0 Å². The molecule has 4 nitrogen and oxygen atoms in total. The number of rotatable bonds is 7. The number of amides is 2. The average molecular weight is 473 g/mol. The number of halogens is 4. The SMILES string of the molecule is O=C(NC1CCCCC1)[C@@H](c1cccs1)N(CCc1ccc(Cl)cc1)C(=O)C(F)(F)F. The predicted molar refractivity (Wildman–Crippen MR) is 115 cm³/mol. The fraction of sp³-hybridized carbons (Fsp3) is 0.455. The second kappa shape index (κ2) is 10.5. The van der Waals surface area contributed by atoms with E-state index in [1.807, 2.05) is 0 Å². The molecule has 2 aromatic rings. The summed E-state index contributed by atoms with van der Waals surface area (Å²) in [6, 6.07) is 8.51. The summed E-state index contributed by atoms with van der Waals surface area (Å²) in [7, 11) is 0. The van der Waals surface area contributed by atoms with Gasteiger partial charge in [0.05, 0.1) is 0 Å². The Bertz CT molecular complexity index is 866. The Kier molecular flexibility index (Phi) is 8.00. The molecule has 0 spiro atoms. The van der Waals surface area contributed by atoms with Gasteiger partial charge in [0.15, 0.2) is 0 Å². The Morgan fingerprint density at radius 1 is 1.13 bits per heavy atom. The van der Waals surface area contributed by atoms with Gasteiger partial charge in [0.25, 0.3) is 0 Å². The van der Waals surface area contributed by atoms with Crippen molar-refractivity contribution in [1.29, 1.82) is 0 Å². The molecular weight excluding hydrogens is 449 g/mol. The van der Waals surface area contributed by atoms with Crippen molar-refractivity contribution < 1.29 is 22.8 Å². The molecule has 31 heavy (non-hydrogen) atoms. The monoisotopic (exact) mass is 472 g/mol. The molecule has 168 valence electrons. The summed E-state index contributed by atoms with van der Waals surface area (Å²) in [5, 5.41) is 5.08. The van der Waals surface area contributed by atoms with Gasteiger partial charge < -0.3 is 10.2 Å². The molecule has 0 bridgehead atoms. The number of hydrogen-bond acceptors (Lipinski definition) is 3. The first-order valence-corrected chi connectivity index (χ1v) is 11.5. The van der Waals surface area contributed by atoms with Crippen LogP contribution in [0.4, 0.5) is 13.2 Å². The third kappa shape index (κ3) is 6.46. The second-order valence-electron chi connectivity index (χ2n) is 7.63. The lowest BCUT2D eigenvalue weighted by Gasteiger charge is -2.33. The van der Waals surface area contributed by atoms with E-state index < -0.39 is 24.0 Å². The fourth-order valence-electron chi connectivity index (χ4n) is 3.81. The van der Waals surface area contributed by atoms with Crippen LogP contribution in [0.25, 0.3) is 0 Å². The van der Waals surface area contributed by atoms with Gasteiger partial charge in [-0.25, -0.2) is 0 Å². The zero-order chi connectivity index (χ0) is 22.4. The number of nitrogens with zero attached hydrogens (tertiary/aromatic N) is 1. The van der Waals surface area contributed by atoms with Crippen LogP contribution in [0.15, 0.2) is 41.8 Å². The van der Waals surface area contributed by atoms with Crippen molar-refractivity contribution in [3.63, 3.8) is 0 Å². The van der Waals surface area contributed by atoms with Gasteiger partial charge in [0.1, 0.15) is 6.04 Å². The first-order valence-electron chi connectivity index (χ1n) is 10.2. The summed E-state index contributed by atoms with van der Waals surface area (Å²) < 4.78 is 40.4. The molecule has 1 aromatic heterocycles. The molecule has 1 heterocycles. The summed E-state index contributed by atoms with van der Waals surface area (Å²) >= 11 is 7.03. The molecule has 1 aliphatic carbocycles. The first-order chi connectivity index (χ1) is 14.8. The van der Waals surface area contributed by atoms with Crippen molar-refractivity contribution >= 4 is 34.8 Å². The minimum Gasteiger partial charge on any atom is -0.351 e. The number of benzene rings is 1. The number of carbonyl (C=O) groups is 2. The van der Waals surface area contributed by atoms with E-state index in [2.05, 4.69) is 5.32 Å². The second-order valence-corrected chi connectivity index (χ2v) is 9.05. The maximum absolute atomic E-state index is 13.5. The van der Waals surface area contributed by atoms with Crippen LogP contribution in [0.5, 0.6) is 0 Å². The highest BCUT2D eigenvalue weighted by Crippen LogP contribution is 2.31. The van der Waals surface area contributed by atoms with Crippen LogP contribution in [0.2, 0.25) is 5.02 Å². The first kappa shape index (κ1) is 23.6. The van der Waals surface area contributed by atoms with Gasteiger partial charge in [-0.2, -0.15) is 13.2 Å². The van der Waals surface area contributed by atoms with Crippen LogP contribution in [0, 0.1) is 0 Å². The van der Waals surface area contributed by atoms with Crippen LogP contribution in [-0.4, -0.2) is 35.5 Å². The highest BCUT2D eigenvalue weighted by molar-refractivity contribution is 7.10. The van der Waals surface area contributed by atoms with E-state index in [1.54, 1.807) is 41.8 Å². The quantitative estimate of drug-likeness (QED) is 0.576. The molecule has 0 unspecified atom stereocenters. The van der Waals surface area contributed by atoms with Crippen molar-refractivity contribution in [3.05, 3.63) is 57.2 Å². The van der Waals surface area contributed by atoms with E-state index >= 15 is 0 Å². The largest absolute Gasteiger partial charge is 0.471 e. The summed E-state index contributed by atoms with van der Waals surface area (Å²) in [6.07, 6.45) is -0.312. The number of nitrogens with one attached hydrogen (secondary N) is 1. The van der Waals surface area contributed by atoms with Gasteiger partial charge in [-0.15, -0.1) is 11.3 Å². The van der Waals surface area contributed by atoms with E-state index in [4.69, 9.17) is 11.6 Å². The van der Waals surface area contributed by atoms with Gasteiger partial charge in [0, 0.05) is 22.5 Å². The number of carbonyl (C=O) groups excluding carboxylic acids is 2. The Labute approximate surface area is 188 Å². The molecule has 1 aromatic carbocycles. The summed E-state index contributed by atoms with van der Waals surface area (Å²) in [5.41, 5.74) is 0.724. The number of thiophene rings is 1. The van der Waals surface area contributed by atoms with Crippen molar-refractivity contribution in [2.45, 2.75) is 56.8 Å². The smallest absolute Gasteiger partial charge is 0.351 e. The normalized spacial score (nSPS) is 16.0.